The van der Waals surface area contributed by atoms with Crippen LogP contribution >= 0.6 is 0 Å². The van der Waals surface area contributed by atoms with Crippen molar-refractivity contribution in [3.8, 4) is 0 Å². The summed E-state index contributed by atoms with van der Waals surface area (Å²) in [6.45, 7) is 1.35. The van der Waals surface area contributed by atoms with E-state index in [4.69, 9.17) is 5.73 Å². The molecule has 6 nitrogen and oxygen atoms in total. The van der Waals surface area contributed by atoms with E-state index in [0.29, 0.717) is 6.42 Å². The van der Waals surface area contributed by atoms with Gasteiger partial charge < -0.3 is 10.5 Å². The van der Waals surface area contributed by atoms with Crippen LogP contribution < -0.4 is 5.73 Å². The van der Waals surface area contributed by atoms with Gasteiger partial charge in [-0.05, 0) is 24.6 Å². The molecule has 0 unspecified atom stereocenters. The second-order valence-electron chi connectivity index (χ2n) is 4.10. The Hall–Kier alpha value is -1.67. The van der Waals surface area contributed by atoms with Crippen LogP contribution in [-0.2, 0) is 19.6 Å². The number of nitrogens with zero attached hydrogens (tertiary/aromatic N) is 1. The maximum Gasteiger partial charge on any atom is 0.321 e. The van der Waals surface area contributed by atoms with Gasteiger partial charge in [0.05, 0.1) is 7.11 Å². The average Bonchev–Trinajstić information content (AvgIpc) is 2.40. The van der Waals surface area contributed by atoms with E-state index in [1.54, 1.807) is 6.92 Å². The quantitative estimate of drug-likeness (QED) is 0.625. The third-order valence-electron chi connectivity index (χ3n) is 2.58. The topological polar surface area (TPSA) is 89.7 Å². The van der Waals surface area contributed by atoms with Crippen molar-refractivity contribution in [3.63, 3.8) is 0 Å². The molecule has 0 saturated heterocycles. The molecule has 0 radical (unpaired) electrons. The van der Waals surface area contributed by atoms with E-state index in [1.165, 1.54) is 6.07 Å². The highest BCUT2D eigenvalue weighted by atomic mass is 32.2. The molecule has 0 atom stereocenters. The molecule has 0 bridgehead atoms. The van der Waals surface area contributed by atoms with Crippen LogP contribution in [0.15, 0.2) is 23.1 Å². The van der Waals surface area contributed by atoms with Crippen LogP contribution in [0.3, 0.4) is 0 Å². The summed E-state index contributed by atoms with van der Waals surface area (Å²) in [5, 5.41) is 0. The number of rotatable bonds is 6. The molecule has 0 aliphatic rings. The molecule has 1 aromatic carbocycles. The fourth-order valence-corrected chi connectivity index (χ4v) is 3.17. The minimum atomic E-state index is -4.14. The molecule has 0 aliphatic heterocycles. The number of nitrogen functional groups attached to an aromatic ring is 1. The summed E-state index contributed by atoms with van der Waals surface area (Å²) >= 11 is 0. The van der Waals surface area contributed by atoms with Crippen molar-refractivity contribution < 1.29 is 22.3 Å². The maximum absolute atomic E-state index is 13.7. The second kappa shape index (κ2) is 6.67. The molecule has 0 fully saturated rings. The highest BCUT2D eigenvalue weighted by Crippen LogP contribution is 2.22. The largest absolute Gasteiger partial charge is 0.468 e. The predicted molar refractivity (Wildman–Crippen MR) is 71.9 cm³/mol. The monoisotopic (exact) mass is 304 g/mol. The Morgan fingerprint density at radius 2 is 2.10 bits per heavy atom. The van der Waals surface area contributed by atoms with Gasteiger partial charge in [0.15, 0.2) is 0 Å². The minimum Gasteiger partial charge on any atom is -0.468 e. The fourth-order valence-electron chi connectivity index (χ4n) is 1.60. The smallest absolute Gasteiger partial charge is 0.321 e. The zero-order chi connectivity index (χ0) is 15.3. The van der Waals surface area contributed by atoms with Gasteiger partial charge in [0.1, 0.15) is 17.3 Å². The molecule has 20 heavy (non-hydrogen) atoms. The van der Waals surface area contributed by atoms with E-state index in [-0.39, 0.29) is 12.2 Å². The lowest BCUT2D eigenvalue weighted by Gasteiger charge is -2.20. The Morgan fingerprint density at radius 3 is 2.65 bits per heavy atom. The van der Waals surface area contributed by atoms with E-state index in [9.17, 15) is 17.6 Å². The van der Waals surface area contributed by atoms with Crippen molar-refractivity contribution in [2.24, 2.45) is 0 Å². The van der Waals surface area contributed by atoms with Gasteiger partial charge in [0, 0.05) is 12.2 Å². The maximum atomic E-state index is 13.7. The molecule has 0 spiro atoms. The van der Waals surface area contributed by atoms with Crippen LogP contribution in [0, 0.1) is 5.82 Å². The number of carbonyl (C=O) groups is 1. The van der Waals surface area contributed by atoms with E-state index in [2.05, 4.69) is 4.74 Å². The average molecular weight is 304 g/mol. The number of ether oxygens (including phenoxy) is 1. The van der Waals surface area contributed by atoms with Gasteiger partial charge in [0.2, 0.25) is 10.0 Å². The normalized spacial score (nSPS) is 11.6. The summed E-state index contributed by atoms with van der Waals surface area (Å²) in [5.41, 5.74) is 5.61. The molecule has 112 valence electrons. The summed E-state index contributed by atoms with van der Waals surface area (Å²) in [7, 11) is -2.99. The Morgan fingerprint density at radius 1 is 1.45 bits per heavy atom. The number of halogens is 1. The lowest BCUT2D eigenvalue weighted by atomic mass is 10.3. The summed E-state index contributed by atoms with van der Waals surface area (Å²) in [5.74, 6) is -1.63. The number of nitrogens with two attached hydrogens (primary N) is 1. The fraction of sp³-hybridized carbons (Fsp3) is 0.417. The number of hydrogen-bond acceptors (Lipinski definition) is 5. The zero-order valence-corrected chi connectivity index (χ0v) is 12.1. The van der Waals surface area contributed by atoms with Crippen molar-refractivity contribution >= 4 is 21.7 Å². The Balaban J connectivity index is 3.22. The minimum absolute atomic E-state index is 0.0751. The van der Waals surface area contributed by atoms with Crippen LogP contribution in [-0.4, -0.2) is 38.9 Å². The number of carbonyl (C=O) groups excluding carboxylic acids is 1. The van der Waals surface area contributed by atoms with Gasteiger partial charge in [-0.25, -0.2) is 12.8 Å². The van der Waals surface area contributed by atoms with Crippen molar-refractivity contribution in [1.29, 1.82) is 0 Å². The second-order valence-corrected chi connectivity index (χ2v) is 6.01. The van der Waals surface area contributed by atoms with E-state index in [1.807, 2.05) is 0 Å². The van der Waals surface area contributed by atoms with Gasteiger partial charge >= 0.3 is 5.97 Å². The first kappa shape index (κ1) is 16.4. The van der Waals surface area contributed by atoms with Crippen LogP contribution in [0.2, 0.25) is 0 Å². The lowest BCUT2D eigenvalue weighted by molar-refractivity contribution is -0.140. The van der Waals surface area contributed by atoms with Crippen molar-refractivity contribution in [3.05, 3.63) is 24.0 Å². The highest BCUT2D eigenvalue weighted by molar-refractivity contribution is 7.89. The van der Waals surface area contributed by atoms with Crippen molar-refractivity contribution in [2.75, 3.05) is 25.9 Å². The molecule has 0 amide bonds. The van der Waals surface area contributed by atoms with Gasteiger partial charge in [-0.3, -0.25) is 4.79 Å². The Kier molecular flexibility index (Phi) is 5.46. The SMILES string of the molecule is CCCN(CC(=O)OC)S(=O)(=O)c1cc(N)ccc1F. The van der Waals surface area contributed by atoms with E-state index < -0.39 is 33.3 Å². The molecule has 0 saturated carbocycles. The van der Waals surface area contributed by atoms with Crippen LogP contribution in [0.1, 0.15) is 13.3 Å². The van der Waals surface area contributed by atoms with Crippen molar-refractivity contribution in [1.82, 2.24) is 4.31 Å². The molecule has 0 aromatic heterocycles. The summed E-state index contributed by atoms with van der Waals surface area (Å²) in [4.78, 5) is 10.7. The number of benzene rings is 1. The van der Waals surface area contributed by atoms with Gasteiger partial charge in [-0.15, -0.1) is 0 Å². The number of esters is 1. The molecular weight excluding hydrogens is 287 g/mol. The van der Waals surface area contributed by atoms with Gasteiger partial charge in [-0.1, -0.05) is 6.92 Å². The summed E-state index contributed by atoms with van der Waals surface area (Å²) in [6.07, 6.45) is 0.472. The predicted octanol–water partition coefficient (Wildman–Crippen LogP) is 0.982. The molecule has 0 aliphatic carbocycles. The van der Waals surface area contributed by atoms with Crippen molar-refractivity contribution in [2.45, 2.75) is 18.2 Å². The van der Waals surface area contributed by atoms with Crippen LogP contribution in [0.4, 0.5) is 10.1 Å². The summed E-state index contributed by atoms with van der Waals surface area (Å²) < 4.78 is 43.8. The number of sulfonamides is 1. The third-order valence-corrected chi connectivity index (χ3v) is 4.44. The van der Waals surface area contributed by atoms with Crippen LogP contribution in [0.5, 0.6) is 0 Å². The molecule has 2 N–H and O–H groups in total. The van der Waals surface area contributed by atoms with E-state index in [0.717, 1.165) is 23.5 Å². The first-order valence-electron chi connectivity index (χ1n) is 5.95. The highest BCUT2D eigenvalue weighted by Gasteiger charge is 2.29. The standard InChI is InChI=1S/C12H17FN2O4S/c1-3-6-15(8-12(16)19-2)20(17,18)11-7-9(14)4-5-10(11)13/h4-5,7H,3,6,8,14H2,1-2H3. The Bertz CT molecular complexity index is 589. The first-order valence-corrected chi connectivity index (χ1v) is 7.39. The van der Waals surface area contributed by atoms with Gasteiger partial charge in [-0.2, -0.15) is 4.31 Å². The van der Waals surface area contributed by atoms with E-state index >= 15 is 0 Å². The molecule has 1 aromatic rings. The number of methoxy groups -OCH3 is 1. The molecule has 0 heterocycles. The van der Waals surface area contributed by atoms with Crippen LogP contribution in [0.25, 0.3) is 0 Å². The van der Waals surface area contributed by atoms with Gasteiger partial charge in [0.25, 0.3) is 0 Å². The number of hydrogen-bond donors (Lipinski definition) is 1. The first-order chi connectivity index (χ1) is 9.32. The molecular formula is C12H17FN2O4S. The third kappa shape index (κ3) is 3.67. The Labute approximate surface area is 117 Å². The number of anilines is 1. The molecule has 8 heteroatoms. The summed E-state index contributed by atoms with van der Waals surface area (Å²) in [6, 6.07) is 3.27. The lowest BCUT2D eigenvalue weighted by Crippen LogP contribution is -2.37. The molecule has 1 rings (SSSR count). The zero-order valence-electron chi connectivity index (χ0n) is 11.3.